The summed E-state index contributed by atoms with van der Waals surface area (Å²) in [6, 6.07) is 4.31. The Hall–Kier alpha value is -0.560. The minimum atomic E-state index is 0. The van der Waals surface area contributed by atoms with Gasteiger partial charge in [-0.05, 0) is 38.8 Å². The highest BCUT2D eigenvalue weighted by Gasteiger charge is 2.05. The molecule has 1 rings (SSSR count). The van der Waals surface area contributed by atoms with Gasteiger partial charge in [0, 0.05) is 29.9 Å². The first-order chi connectivity index (χ1) is 9.17. The maximum absolute atomic E-state index is 4.69. The second-order valence-corrected chi connectivity index (χ2v) is 5.91. The quantitative estimate of drug-likeness (QED) is 0.243. The van der Waals surface area contributed by atoms with Crippen LogP contribution in [0.3, 0.4) is 0 Å². The van der Waals surface area contributed by atoms with Crippen LogP contribution in [0.2, 0.25) is 0 Å². The Morgan fingerprint density at radius 3 is 2.80 bits per heavy atom. The summed E-state index contributed by atoms with van der Waals surface area (Å²) in [5.74, 6) is 0.984. The fourth-order valence-electron chi connectivity index (χ4n) is 1.77. The molecule has 0 unspecified atom stereocenters. The van der Waals surface area contributed by atoms with Crippen molar-refractivity contribution in [3.63, 3.8) is 0 Å². The number of allylic oxidation sites excluding steroid dienone is 1. The molecule has 0 aromatic carbocycles. The Kier molecular flexibility index (Phi) is 10.8. The van der Waals surface area contributed by atoms with Gasteiger partial charge in [0.25, 0.3) is 0 Å². The molecular formula is C15H26IN3S. The summed E-state index contributed by atoms with van der Waals surface area (Å²) in [5, 5.41) is 3.34. The molecule has 1 aromatic rings. The molecule has 0 amide bonds. The van der Waals surface area contributed by atoms with E-state index in [0.717, 1.165) is 38.4 Å². The average molecular weight is 407 g/mol. The van der Waals surface area contributed by atoms with Crippen LogP contribution in [0.4, 0.5) is 0 Å². The van der Waals surface area contributed by atoms with Gasteiger partial charge in [-0.1, -0.05) is 6.08 Å². The summed E-state index contributed by atoms with van der Waals surface area (Å²) < 4.78 is 0. The van der Waals surface area contributed by atoms with Crippen LogP contribution >= 0.6 is 35.3 Å². The molecule has 5 heteroatoms. The van der Waals surface area contributed by atoms with E-state index in [1.807, 2.05) is 17.4 Å². The molecule has 0 aliphatic heterocycles. The first-order valence-electron chi connectivity index (χ1n) is 6.83. The van der Waals surface area contributed by atoms with E-state index in [9.17, 15) is 0 Å². The van der Waals surface area contributed by atoms with E-state index in [1.165, 1.54) is 9.75 Å². The van der Waals surface area contributed by atoms with Crippen molar-refractivity contribution in [1.82, 2.24) is 10.2 Å². The molecule has 0 aliphatic rings. The monoisotopic (exact) mass is 407 g/mol. The van der Waals surface area contributed by atoms with Gasteiger partial charge in [0.1, 0.15) is 0 Å². The smallest absolute Gasteiger partial charge is 0.194 e. The molecule has 0 fully saturated rings. The van der Waals surface area contributed by atoms with Gasteiger partial charge in [-0.3, -0.25) is 0 Å². The maximum Gasteiger partial charge on any atom is 0.194 e. The second kappa shape index (κ2) is 11.1. The van der Waals surface area contributed by atoms with Crippen molar-refractivity contribution in [2.45, 2.75) is 33.2 Å². The fourth-order valence-corrected chi connectivity index (χ4v) is 2.59. The zero-order valence-corrected chi connectivity index (χ0v) is 15.8. The number of unbranched alkanes of at least 4 members (excludes halogenated alkanes) is 1. The Balaban J connectivity index is 0.00000361. The lowest BCUT2D eigenvalue weighted by atomic mass is 10.3. The highest BCUT2D eigenvalue weighted by Crippen LogP contribution is 2.15. The lowest BCUT2D eigenvalue weighted by Crippen LogP contribution is -2.39. The number of nitrogens with zero attached hydrogens (tertiary/aromatic N) is 2. The van der Waals surface area contributed by atoms with E-state index in [4.69, 9.17) is 4.99 Å². The Bertz CT molecular complexity index is 415. The first kappa shape index (κ1) is 19.4. The molecular weight excluding hydrogens is 381 g/mol. The predicted octanol–water partition coefficient (Wildman–Crippen LogP) is 4.04. The average Bonchev–Trinajstić information content (AvgIpc) is 2.80. The molecule has 114 valence electrons. The SMILES string of the molecule is C=CCCCN(C)C(=NCc1ccc(C)s1)NCC.I. The number of rotatable bonds is 7. The van der Waals surface area contributed by atoms with Gasteiger partial charge < -0.3 is 10.2 Å². The number of hydrogen-bond donors (Lipinski definition) is 1. The third-order valence-corrected chi connectivity index (χ3v) is 3.76. The summed E-state index contributed by atoms with van der Waals surface area (Å²) in [6.07, 6.45) is 4.13. The van der Waals surface area contributed by atoms with Crippen LogP contribution in [0.5, 0.6) is 0 Å². The zero-order valence-electron chi connectivity index (χ0n) is 12.7. The highest BCUT2D eigenvalue weighted by atomic mass is 127. The number of guanidine groups is 1. The van der Waals surface area contributed by atoms with Gasteiger partial charge in [-0.25, -0.2) is 4.99 Å². The van der Waals surface area contributed by atoms with E-state index in [0.29, 0.717) is 0 Å². The van der Waals surface area contributed by atoms with E-state index < -0.39 is 0 Å². The maximum atomic E-state index is 4.69. The van der Waals surface area contributed by atoms with Crippen LogP contribution in [0.1, 0.15) is 29.5 Å². The summed E-state index contributed by atoms with van der Waals surface area (Å²) in [6.45, 7) is 10.6. The fraction of sp³-hybridized carbons (Fsp3) is 0.533. The largest absolute Gasteiger partial charge is 0.357 e. The van der Waals surface area contributed by atoms with Crippen molar-refractivity contribution >= 4 is 41.3 Å². The van der Waals surface area contributed by atoms with Gasteiger partial charge in [0.2, 0.25) is 0 Å². The molecule has 1 aromatic heterocycles. The van der Waals surface area contributed by atoms with Crippen LogP contribution in [0.15, 0.2) is 29.8 Å². The molecule has 1 heterocycles. The normalized spacial score (nSPS) is 10.8. The van der Waals surface area contributed by atoms with Crippen LogP contribution in [-0.4, -0.2) is 31.0 Å². The molecule has 1 N–H and O–H groups in total. The summed E-state index contributed by atoms with van der Waals surface area (Å²) in [5.41, 5.74) is 0. The van der Waals surface area contributed by atoms with Gasteiger partial charge in [-0.15, -0.1) is 41.9 Å². The zero-order chi connectivity index (χ0) is 14.1. The molecule has 0 bridgehead atoms. The standard InChI is InChI=1S/C15H25N3S.HI/c1-5-7-8-11-18(4)15(16-6-2)17-12-14-10-9-13(3)19-14;/h5,9-10H,1,6-8,11-12H2,2-4H3,(H,16,17);1H. The molecule has 0 saturated carbocycles. The van der Waals surface area contributed by atoms with Gasteiger partial charge in [-0.2, -0.15) is 0 Å². The van der Waals surface area contributed by atoms with Gasteiger partial charge in [0.05, 0.1) is 6.54 Å². The van der Waals surface area contributed by atoms with Crippen LogP contribution in [-0.2, 0) is 6.54 Å². The van der Waals surface area contributed by atoms with Gasteiger partial charge in [0.15, 0.2) is 5.96 Å². The van der Waals surface area contributed by atoms with Crippen molar-refractivity contribution in [3.05, 3.63) is 34.5 Å². The molecule has 0 radical (unpaired) electrons. The van der Waals surface area contributed by atoms with Crippen LogP contribution in [0.25, 0.3) is 0 Å². The van der Waals surface area contributed by atoms with Crippen LogP contribution < -0.4 is 5.32 Å². The number of thiophene rings is 1. The summed E-state index contributed by atoms with van der Waals surface area (Å²) in [4.78, 5) is 9.53. The first-order valence-corrected chi connectivity index (χ1v) is 7.64. The lowest BCUT2D eigenvalue weighted by Gasteiger charge is -2.21. The van der Waals surface area contributed by atoms with E-state index in [2.05, 4.69) is 49.8 Å². The van der Waals surface area contributed by atoms with E-state index in [1.54, 1.807) is 0 Å². The number of halogens is 1. The third-order valence-electron chi connectivity index (χ3n) is 2.78. The van der Waals surface area contributed by atoms with E-state index >= 15 is 0 Å². The molecule has 0 atom stereocenters. The van der Waals surface area contributed by atoms with Crippen molar-refractivity contribution in [1.29, 1.82) is 0 Å². The minimum Gasteiger partial charge on any atom is -0.357 e. The number of hydrogen-bond acceptors (Lipinski definition) is 2. The van der Waals surface area contributed by atoms with Crippen molar-refractivity contribution in [3.8, 4) is 0 Å². The highest BCUT2D eigenvalue weighted by molar-refractivity contribution is 14.0. The molecule has 3 nitrogen and oxygen atoms in total. The van der Waals surface area contributed by atoms with E-state index in [-0.39, 0.29) is 24.0 Å². The molecule has 20 heavy (non-hydrogen) atoms. The molecule has 0 saturated heterocycles. The number of aliphatic imine (C=N–C) groups is 1. The lowest BCUT2D eigenvalue weighted by molar-refractivity contribution is 0.470. The van der Waals surface area contributed by atoms with Crippen molar-refractivity contribution in [2.24, 2.45) is 4.99 Å². The van der Waals surface area contributed by atoms with Crippen molar-refractivity contribution < 1.29 is 0 Å². The Labute approximate surface area is 144 Å². The topological polar surface area (TPSA) is 27.6 Å². The summed E-state index contributed by atoms with van der Waals surface area (Å²) >= 11 is 1.81. The third kappa shape index (κ3) is 7.28. The predicted molar refractivity (Wildman–Crippen MR) is 101 cm³/mol. The number of nitrogens with one attached hydrogen (secondary N) is 1. The Morgan fingerprint density at radius 2 is 2.25 bits per heavy atom. The second-order valence-electron chi connectivity index (χ2n) is 4.53. The van der Waals surface area contributed by atoms with Crippen LogP contribution in [0, 0.1) is 6.92 Å². The summed E-state index contributed by atoms with van der Waals surface area (Å²) in [7, 11) is 2.09. The van der Waals surface area contributed by atoms with Gasteiger partial charge >= 0.3 is 0 Å². The van der Waals surface area contributed by atoms with Crippen molar-refractivity contribution in [2.75, 3.05) is 20.1 Å². The number of aryl methyl sites for hydroxylation is 1. The molecule has 0 spiro atoms. The Morgan fingerprint density at radius 1 is 1.50 bits per heavy atom. The minimum absolute atomic E-state index is 0. The molecule has 0 aliphatic carbocycles.